The van der Waals surface area contributed by atoms with E-state index in [-0.39, 0.29) is 5.97 Å². The van der Waals surface area contributed by atoms with Gasteiger partial charge in [0.25, 0.3) is 0 Å². The van der Waals surface area contributed by atoms with E-state index in [1.165, 1.54) is 25.7 Å². The zero-order valence-electron chi connectivity index (χ0n) is 18.4. The molecule has 0 aromatic heterocycles. The summed E-state index contributed by atoms with van der Waals surface area (Å²) < 4.78 is 31.8. The van der Waals surface area contributed by atoms with E-state index < -0.39 is 0 Å². The van der Waals surface area contributed by atoms with E-state index in [4.69, 9.17) is 28.4 Å². The van der Waals surface area contributed by atoms with Crippen LogP contribution in [0.5, 0.6) is 0 Å². The van der Waals surface area contributed by atoms with Crippen molar-refractivity contribution < 1.29 is 33.2 Å². The molecule has 0 saturated carbocycles. The van der Waals surface area contributed by atoms with Crippen molar-refractivity contribution >= 4 is 5.97 Å². The average molecular weight is 419 g/mol. The summed E-state index contributed by atoms with van der Waals surface area (Å²) in [7, 11) is 0. The summed E-state index contributed by atoms with van der Waals surface area (Å²) in [6.45, 7) is 11.2. The van der Waals surface area contributed by atoms with Gasteiger partial charge in [0, 0.05) is 6.42 Å². The summed E-state index contributed by atoms with van der Waals surface area (Å²) in [4.78, 5) is 11.6. The maximum atomic E-state index is 11.6. The Kier molecular flexibility index (Phi) is 24.2. The number of rotatable bonds is 24. The quantitative estimate of drug-likeness (QED) is 0.135. The van der Waals surface area contributed by atoms with E-state index in [0.29, 0.717) is 79.1 Å². The fourth-order valence-electron chi connectivity index (χ4n) is 2.38. The predicted octanol–water partition coefficient (Wildman–Crippen LogP) is 3.55. The second-order valence-electron chi connectivity index (χ2n) is 6.55. The topological polar surface area (TPSA) is 72.5 Å². The Morgan fingerprint density at radius 2 is 1.10 bits per heavy atom. The van der Waals surface area contributed by atoms with Crippen LogP contribution in [0.2, 0.25) is 0 Å². The molecule has 29 heavy (non-hydrogen) atoms. The number of carbonyl (C=O) groups is 1. The highest BCUT2D eigenvalue weighted by Crippen LogP contribution is 2.07. The summed E-state index contributed by atoms with van der Waals surface area (Å²) in [6, 6.07) is 0. The molecule has 0 heterocycles. The highest BCUT2D eigenvalue weighted by atomic mass is 16.6. The van der Waals surface area contributed by atoms with Gasteiger partial charge in [0.05, 0.1) is 66.1 Å². The van der Waals surface area contributed by atoms with Gasteiger partial charge in [-0.3, -0.25) is 4.79 Å². The number of unbranched alkanes of at least 4 members (excludes halogenated alkanes) is 5. The normalized spacial score (nSPS) is 10.9. The lowest BCUT2D eigenvalue weighted by molar-refractivity contribution is -0.145. The lowest BCUT2D eigenvalue weighted by atomic mass is 10.1. The summed E-state index contributed by atoms with van der Waals surface area (Å²) in [5.74, 6) is -0.134. The van der Waals surface area contributed by atoms with Gasteiger partial charge in [0.15, 0.2) is 0 Å². The van der Waals surface area contributed by atoms with E-state index in [9.17, 15) is 4.79 Å². The summed E-state index contributed by atoms with van der Waals surface area (Å²) in [5.41, 5.74) is 0. The summed E-state index contributed by atoms with van der Waals surface area (Å²) >= 11 is 0. The van der Waals surface area contributed by atoms with Gasteiger partial charge in [-0.2, -0.15) is 0 Å². The fraction of sp³-hybridized carbons (Fsp3) is 0.864. The Hall–Kier alpha value is -0.990. The minimum absolute atomic E-state index is 0.134. The first-order valence-corrected chi connectivity index (χ1v) is 11.0. The first-order valence-electron chi connectivity index (χ1n) is 11.0. The van der Waals surface area contributed by atoms with Crippen LogP contribution in [0.1, 0.15) is 51.9 Å². The third kappa shape index (κ3) is 25.0. The molecule has 0 saturated heterocycles. The maximum absolute atomic E-state index is 11.6. The number of esters is 1. The van der Waals surface area contributed by atoms with Gasteiger partial charge in [-0.1, -0.05) is 45.1 Å². The third-order valence-electron chi connectivity index (χ3n) is 3.95. The van der Waals surface area contributed by atoms with Crippen LogP contribution in [0.3, 0.4) is 0 Å². The van der Waals surface area contributed by atoms with Crippen LogP contribution >= 0.6 is 0 Å². The molecule has 0 aliphatic rings. The summed E-state index contributed by atoms with van der Waals surface area (Å²) in [6.07, 6.45) is 9.21. The molecule has 0 aromatic rings. The van der Waals surface area contributed by atoms with Crippen LogP contribution in [0, 0.1) is 0 Å². The van der Waals surface area contributed by atoms with E-state index in [0.717, 1.165) is 12.8 Å². The highest BCUT2D eigenvalue weighted by molar-refractivity contribution is 5.69. The largest absolute Gasteiger partial charge is 0.463 e. The van der Waals surface area contributed by atoms with E-state index in [1.54, 1.807) is 6.08 Å². The molecule has 0 aromatic carbocycles. The molecular weight excluding hydrogens is 376 g/mol. The first kappa shape index (κ1) is 28.0. The van der Waals surface area contributed by atoms with Crippen molar-refractivity contribution in [1.29, 1.82) is 0 Å². The van der Waals surface area contributed by atoms with Gasteiger partial charge >= 0.3 is 5.97 Å². The van der Waals surface area contributed by atoms with Crippen molar-refractivity contribution in [3.05, 3.63) is 12.7 Å². The summed E-state index contributed by atoms with van der Waals surface area (Å²) in [5, 5.41) is 0. The Morgan fingerprint density at radius 3 is 1.62 bits per heavy atom. The van der Waals surface area contributed by atoms with E-state index in [2.05, 4.69) is 13.5 Å². The van der Waals surface area contributed by atoms with Crippen molar-refractivity contribution in [3.63, 3.8) is 0 Å². The zero-order chi connectivity index (χ0) is 21.3. The second kappa shape index (κ2) is 25.0. The SMILES string of the molecule is C=CCOCCOCCOCCOCCOCCOC(=O)CCCCCCCC. The first-order chi connectivity index (χ1) is 14.3. The number of hydrogen-bond donors (Lipinski definition) is 0. The second-order valence-corrected chi connectivity index (χ2v) is 6.55. The van der Waals surface area contributed by atoms with Gasteiger partial charge in [0.2, 0.25) is 0 Å². The molecule has 0 spiro atoms. The molecule has 0 rings (SSSR count). The van der Waals surface area contributed by atoms with Gasteiger partial charge in [-0.25, -0.2) is 0 Å². The van der Waals surface area contributed by atoms with Crippen molar-refractivity contribution in [2.24, 2.45) is 0 Å². The average Bonchev–Trinajstić information content (AvgIpc) is 2.73. The number of hydrogen-bond acceptors (Lipinski definition) is 7. The molecule has 0 bridgehead atoms. The van der Waals surface area contributed by atoms with Gasteiger partial charge in [-0.05, 0) is 6.42 Å². The Morgan fingerprint density at radius 1 is 0.655 bits per heavy atom. The molecule has 0 atom stereocenters. The number of carbonyl (C=O) groups excluding carboxylic acids is 1. The molecule has 0 aliphatic heterocycles. The minimum atomic E-state index is -0.134. The molecule has 0 radical (unpaired) electrons. The highest BCUT2D eigenvalue weighted by Gasteiger charge is 2.02. The van der Waals surface area contributed by atoms with Crippen LogP contribution in [-0.4, -0.2) is 78.6 Å². The lowest BCUT2D eigenvalue weighted by Crippen LogP contribution is -2.15. The molecule has 0 amide bonds. The fourth-order valence-corrected chi connectivity index (χ4v) is 2.38. The van der Waals surface area contributed by atoms with Gasteiger partial charge < -0.3 is 28.4 Å². The zero-order valence-corrected chi connectivity index (χ0v) is 18.4. The Balaban J connectivity index is 3.11. The molecule has 0 fully saturated rings. The smallest absolute Gasteiger partial charge is 0.305 e. The molecule has 0 aliphatic carbocycles. The monoisotopic (exact) mass is 418 g/mol. The lowest BCUT2D eigenvalue weighted by Gasteiger charge is -2.08. The Bertz CT molecular complexity index is 350. The molecular formula is C22H42O7. The molecule has 7 nitrogen and oxygen atoms in total. The minimum Gasteiger partial charge on any atom is -0.463 e. The molecule has 172 valence electrons. The van der Waals surface area contributed by atoms with Crippen LogP contribution < -0.4 is 0 Å². The van der Waals surface area contributed by atoms with Crippen LogP contribution in [-0.2, 0) is 33.2 Å². The van der Waals surface area contributed by atoms with Crippen LogP contribution in [0.25, 0.3) is 0 Å². The van der Waals surface area contributed by atoms with Crippen molar-refractivity contribution in [3.8, 4) is 0 Å². The van der Waals surface area contributed by atoms with Crippen LogP contribution in [0.15, 0.2) is 12.7 Å². The molecule has 7 heteroatoms. The predicted molar refractivity (Wildman–Crippen MR) is 113 cm³/mol. The third-order valence-corrected chi connectivity index (χ3v) is 3.95. The van der Waals surface area contributed by atoms with E-state index >= 15 is 0 Å². The van der Waals surface area contributed by atoms with Crippen molar-refractivity contribution in [1.82, 2.24) is 0 Å². The number of ether oxygens (including phenoxy) is 6. The van der Waals surface area contributed by atoms with Gasteiger partial charge in [0.1, 0.15) is 6.61 Å². The van der Waals surface area contributed by atoms with Gasteiger partial charge in [-0.15, -0.1) is 6.58 Å². The van der Waals surface area contributed by atoms with Crippen LogP contribution in [0.4, 0.5) is 0 Å². The Labute approximate surface area is 177 Å². The van der Waals surface area contributed by atoms with Crippen molar-refractivity contribution in [2.75, 3.05) is 72.7 Å². The standard InChI is InChI=1S/C22H42O7/c1-3-5-6-7-8-9-10-22(23)29-21-20-28-19-18-27-17-16-26-15-14-25-13-12-24-11-4-2/h4H,2-3,5-21H2,1H3. The molecule has 0 N–H and O–H groups in total. The van der Waals surface area contributed by atoms with E-state index in [1.807, 2.05) is 0 Å². The maximum Gasteiger partial charge on any atom is 0.305 e. The van der Waals surface area contributed by atoms with Crippen molar-refractivity contribution in [2.45, 2.75) is 51.9 Å². The molecule has 0 unspecified atom stereocenters.